The van der Waals surface area contributed by atoms with Crippen molar-refractivity contribution < 1.29 is 18.1 Å². The van der Waals surface area contributed by atoms with Crippen LogP contribution in [0.5, 0.6) is 0 Å². The number of rotatable bonds is 7. The van der Waals surface area contributed by atoms with Gasteiger partial charge in [-0.05, 0) is 49.4 Å². The maximum atomic E-state index is 13.2. The van der Waals surface area contributed by atoms with E-state index in [0.717, 1.165) is 0 Å². The Balaban J connectivity index is 1.91. The third kappa shape index (κ3) is 4.84. The van der Waals surface area contributed by atoms with Crippen molar-refractivity contribution in [2.75, 3.05) is 16.2 Å². The number of anilines is 2. The van der Waals surface area contributed by atoms with Crippen molar-refractivity contribution in [3.63, 3.8) is 0 Å². The molecule has 8 nitrogen and oxygen atoms in total. The summed E-state index contributed by atoms with van der Waals surface area (Å²) in [4.78, 5) is 22.8. The van der Waals surface area contributed by atoms with Crippen molar-refractivity contribution in [2.45, 2.75) is 11.8 Å². The summed E-state index contributed by atoms with van der Waals surface area (Å²) in [6.45, 7) is 1.90. The number of non-ortho nitro benzene ring substituents is 1. The Hall–Kier alpha value is -3.43. The number of nitro benzene ring substituents is 1. The molecule has 0 saturated carbocycles. The summed E-state index contributed by atoms with van der Waals surface area (Å²) >= 11 is 6.15. The van der Waals surface area contributed by atoms with Crippen molar-refractivity contribution in [2.24, 2.45) is 0 Å². The van der Waals surface area contributed by atoms with Crippen LogP contribution in [-0.4, -0.2) is 25.8 Å². The van der Waals surface area contributed by atoms with E-state index in [1.54, 1.807) is 37.3 Å². The predicted molar refractivity (Wildman–Crippen MR) is 119 cm³/mol. The van der Waals surface area contributed by atoms with Crippen molar-refractivity contribution in [3.8, 4) is 0 Å². The quantitative estimate of drug-likeness (QED) is 0.406. The van der Waals surface area contributed by atoms with E-state index in [1.165, 1.54) is 46.8 Å². The van der Waals surface area contributed by atoms with Crippen LogP contribution in [0.2, 0.25) is 5.02 Å². The van der Waals surface area contributed by atoms with E-state index < -0.39 is 20.9 Å². The van der Waals surface area contributed by atoms with Gasteiger partial charge in [0, 0.05) is 24.4 Å². The summed E-state index contributed by atoms with van der Waals surface area (Å²) in [5.74, 6) is -0.640. The fourth-order valence-electron chi connectivity index (χ4n) is 2.92. The average molecular weight is 460 g/mol. The zero-order valence-corrected chi connectivity index (χ0v) is 17.9. The van der Waals surface area contributed by atoms with Gasteiger partial charge >= 0.3 is 0 Å². The minimum atomic E-state index is -3.95. The molecule has 1 amide bonds. The molecule has 0 aliphatic carbocycles. The van der Waals surface area contributed by atoms with Gasteiger partial charge in [-0.3, -0.25) is 19.2 Å². The third-order valence-corrected chi connectivity index (χ3v) is 6.67. The van der Waals surface area contributed by atoms with Crippen LogP contribution in [0.15, 0.2) is 77.7 Å². The van der Waals surface area contributed by atoms with Crippen LogP contribution in [0.3, 0.4) is 0 Å². The Morgan fingerprint density at radius 1 is 1.06 bits per heavy atom. The number of halogens is 1. The van der Waals surface area contributed by atoms with E-state index in [1.807, 2.05) is 0 Å². The number of nitro groups is 1. The molecule has 0 aliphatic heterocycles. The topological polar surface area (TPSA) is 110 Å². The van der Waals surface area contributed by atoms with Crippen LogP contribution in [0.25, 0.3) is 0 Å². The Morgan fingerprint density at radius 2 is 1.71 bits per heavy atom. The van der Waals surface area contributed by atoms with Crippen LogP contribution in [0, 0.1) is 10.1 Å². The Labute approximate surface area is 184 Å². The Kier molecular flexibility index (Phi) is 6.57. The maximum Gasteiger partial charge on any atom is 0.269 e. The van der Waals surface area contributed by atoms with Crippen molar-refractivity contribution in [3.05, 3.63) is 93.5 Å². The molecule has 31 heavy (non-hydrogen) atoms. The van der Waals surface area contributed by atoms with Crippen LogP contribution in [-0.2, 0) is 10.0 Å². The molecule has 10 heteroatoms. The van der Waals surface area contributed by atoms with Gasteiger partial charge in [-0.1, -0.05) is 29.8 Å². The molecule has 0 fully saturated rings. The average Bonchev–Trinajstić information content (AvgIpc) is 2.75. The van der Waals surface area contributed by atoms with E-state index in [9.17, 15) is 23.3 Å². The second-order valence-corrected chi connectivity index (χ2v) is 8.67. The number of carbonyl (C=O) groups excluding carboxylic acids is 1. The first-order valence-corrected chi connectivity index (χ1v) is 11.0. The number of nitrogens with zero attached hydrogens (tertiary/aromatic N) is 2. The van der Waals surface area contributed by atoms with E-state index in [2.05, 4.69) is 5.32 Å². The second-order valence-electron chi connectivity index (χ2n) is 6.41. The van der Waals surface area contributed by atoms with E-state index in [0.29, 0.717) is 11.4 Å². The number of amides is 1. The van der Waals surface area contributed by atoms with Crippen LogP contribution >= 0.6 is 11.6 Å². The van der Waals surface area contributed by atoms with Crippen LogP contribution in [0.1, 0.15) is 17.3 Å². The van der Waals surface area contributed by atoms with Crippen molar-refractivity contribution >= 4 is 44.6 Å². The fourth-order valence-corrected chi connectivity index (χ4v) is 4.62. The summed E-state index contributed by atoms with van der Waals surface area (Å²) in [6, 6.07) is 17.8. The summed E-state index contributed by atoms with van der Waals surface area (Å²) in [7, 11) is -3.95. The molecule has 0 aliphatic rings. The Bertz CT molecular complexity index is 1220. The first kappa shape index (κ1) is 22.3. The highest BCUT2D eigenvalue weighted by atomic mass is 35.5. The van der Waals surface area contributed by atoms with E-state index in [4.69, 9.17) is 11.6 Å². The molecule has 3 aromatic rings. The van der Waals surface area contributed by atoms with Crippen LogP contribution < -0.4 is 9.62 Å². The van der Waals surface area contributed by atoms with Gasteiger partial charge < -0.3 is 5.32 Å². The highest BCUT2D eigenvalue weighted by Gasteiger charge is 2.25. The number of carbonyl (C=O) groups is 1. The maximum absolute atomic E-state index is 13.2. The monoisotopic (exact) mass is 459 g/mol. The van der Waals surface area contributed by atoms with Crippen molar-refractivity contribution in [1.82, 2.24) is 0 Å². The van der Waals surface area contributed by atoms with E-state index >= 15 is 0 Å². The minimum absolute atomic E-state index is 0.0368. The number of nitrogens with one attached hydrogen (secondary N) is 1. The lowest BCUT2D eigenvalue weighted by Crippen LogP contribution is -2.31. The predicted octanol–water partition coefficient (Wildman–Crippen LogP) is 4.72. The second kappa shape index (κ2) is 9.15. The molecule has 0 spiro atoms. The fraction of sp³-hybridized carbons (Fsp3) is 0.0952. The number of hydrogen-bond donors (Lipinski definition) is 1. The molecule has 3 aromatic carbocycles. The highest BCUT2D eigenvalue weighted by Crippen LogP contribution is 2.27. The van der Waals surface area contributed by atoms with Gasteiger partial charge in [0.25, 0.3) is 21.6 Å². The summed E-state index contributed by atoms with van der Waals surface area (Å²) in [5.41, 5.74) is 0.645. The highest BCUT2D eigenvalue weighted by molar-refractivity contribution is 7.92. The third-order valence-electron chi connectivity index (χ3n) is 4.44. The van der Waals surface area contributed by atoms with Gasteiger partial charge in [0.05, 0.1) is 26.1 Å². The van der Waals surface area contributed by atoms with Gasteiger partial charge in [0.2, 0.25) is 0 Å². The molecule has 0 aromatic heterocycles. The van der Waals surface area contributed by atoms with Gasteiger partial charge in [-0.25, -0.2) is 8.42 Å². The first-order chi connectivity index (χ1) is 14.7. The van der Waals surface area contributed by atoms with Crippen molar-refractivity contribution in [1.29, 1.82) is 0 Å². The van der Waals surface area contributed by atoms with Crippen LogP contribution in [0.4, 0.5) is 17.1 Å². The summed E-state index contributed by atoms with van der Waals surface area (Å²) in [5, 5.41) is 13.4. The van der Waals surface area contributed by atoms with E-state index in [-0.39, 0.29) is 27.7 Å². The molecule has 0 atom stereocenters. The van der Waals surface area contributed by atoms with Gasteiger partial charge in [0.15, 0.2) is 0 Å². The number of benzene rings is 3. The van der Waals surface area contributed by atoms with Gasteiger partial charge in [-0.15, -0.1) is 0 Å². The lowest BCUT2D eigenvalue weighted by atomic mass is 10.2. The Morgan fingerprint density at radius 3 is 2.29 bits per heavy atom. The SMILES string of the molecule is CCN(c1ccccc1)S(=O)(=O)c1ccc(Cl)c(C(=O)Nc2ccc([N+](=O)[O-])cc2)c1. The molecule has 0 bridgehead atoms. The van der Waals surface area contributed by atoms with Gasteiger partial charge in [-0.2, -0.15) is 0 Å². The molecular weight excluding hydrogens is 442 g/mol. The molecule has 0 radical (unpaired) electrons. The summed E-state index contributed by atoms with van der Waals surface area (Å²) < 4.78 is 27.6. The number of sulfonamides is 1. The standard InChI is InChI=1S/C21H18ClN3O5S/c1-2-24(16-6-4-3-5-7-16)31(29,30)18-12-13-20(22)19(14-18)21(26)23-15-8-10-17(11-9-15)25(27)28/h3-14H,2H2,1H3,(H,23,26). The lowest BCUT2D eigenvalue weighted by molar-refractivity contribution is -0.384. The normalized spacial score (nSPS) is 11.0. The largest absolute Gasteiger partial charge is 0.322 e. The smallest absolute Gasteiger partial charge is 0.269 e. The number of hydrogen-bond acceptors (Lipinski definition) is 5. The molecule has 1 N–H and O–H groups in total. The minimum Gasteiger partial charge on any atom is -0.322 e. The molecule has 0 unspecified atom stereocenters. The summed E-state index contributed by atoms with van der Waals surface area (Å²) in [6.07, 6.45) is 0. The number of para-hydroxylation sites is 1. The van der Waals surface area contributed by atoms with Gasteiger partial charge in [0.1, 0.15) is 0 Å². The first-order valence-electron chi connectivity index (χ1n) is 9.17. The zero-order chi connectivity index (χ0) is 22.6. The molecular formula is C21H18ClN3O5S. The molecule has 0 saturated heterocycles. The molecule has 0 heterocycles. The molecule has 3 rings (SSSR count). The zero-order valence-electron chi connectivity index (χ0n) is 16.4. The lowest BCUT2D eigenvalue weighted by Gasteiger charge is -2.23. The molecule has 160 valence electrons.